The average molecular weight is 196 g/mol. The van der Waals surface area contributed by atoms with E-state index >= 15 is 0 Å². The van der Waals surface area contributed by atoms with Crippen LogP contribution in [-0.2, 0) is 0 Å². The Morgan fingerprint density at radius 2 is 1.71 bits per heavy atom. The van der Waals surface area contributed by atoms with Crippen LogP contribution >= 0.6 is 0 Å². The summed E-state index contributed by atoms with van der Waals surface area (Å²) in [7, 11) is 0. The van der Waals surface area contributed by atoms with Crippen molar-refractivity contribution in [1.82, 2.24) is 0 Å². The minimum atomic E-state index is -0.466. The Bertz CT molecular complexity index is 264. The van der Waals surface area contributed by atoms with Gasteiger partial charge < -0.3 is 14.9 Å². The third kappa shape index (κ3) is 3.36. The molecule has 0 amide bonds. The number of hydrogen-bond donors (Lipinski definition) is 2. The number of aliphatic hydroxyl groups excluding tert-OH is 2. The number of aliphatic hydroxyl groups is 2. The molecule has 0 aliphatic heterocycles. The van der Waals surface area contributed by atoms with E-state index in [1.165, 1.54) is 0 Å². The lowest BCUT2D eigenvalue weighted by atomic mass is 10.1. The summed E-state index contributed by atoms with van der Waals surface area (Å²) in [5.74, 6) is 0.704. The zero-order valence-electron chi connectivity index (χ0n) is 8.47. The van der Waals surface area contributed by atoms with Crippen molar-refractivity contribution in [3.05, 3.63) is 29.8 Å². The molecule has 0 bridgehead atoms. The Kier molecular flexibility index (Phi) is 3.92. The van der Waals surface area contributed by atoms with Gasteiger partial charge in [0.05, 0.1) is 12.2 Å². The van der Waals surface area contributed by atoms with Gasteiger partial charge in [0, 0.05) is 0 Å². The van der Waals surface area contributed by atoms with Gasteiger partial charge in [0.1, 0.15) is 12.4 Å². The third-order valence-corrected chi connectivity index (χ3v) is 1.85. The highest BCUT2D eigenvalue weighted by molar-refractivity contribution is 5.28. The van der Waals surface area contributed by atoms with Crippen LogP contribution in [0.2, 0.25) is 0 Å². The van der Waals surface area contributed by atoms with E-state index in [1.807, 2.05) is 12.1 Å². The standard InChI is InChI=1S/C11H16O3/c1-8(12)7-14-11-5-3-10(4-6-11)9(2)13/h3-6,8-9,12-13H,7H2,1-2H3/t8?,9-/m1/s1. The largest absolute Gasteiger partial charge is 0.491 e. The van der Waals surface area contributed by atoms with E-state index in [4.69, 9.17) is 9.84 Å². The van der Waals surface area contributed by atoms with Crippen molar-refractivity contribution >= 4 is 0 Å². The molecular formula is C11H16O3. The Hall–Kier alpha value is -1.06. The molecule has 0 aliphatic rings. The highest BCUT2D eigenvalue weighted by atomic mass is 16.5. The number of ether oxygens (including phenoxy) is 1. The lowest BCUT2D eigenvalue weighted by molar-refractivity contribution is 0.122. The van der Waals surface area contributed by atoms with Gasteiger partial charge in [-0.05, 0) is 31.5 Å². The van der Waals surface area contributed by atoms with Crippen molar-refractivity contribution in [2.24, 2.45) is 0 Å². The van der Waals surface area contributed by atoms with Gasteiger partial charge in [0.2, 0.25) is 0 Å². The van der Waals surface area contributed by atoms with Crippen molar-refractivity contribution in [3.8, 4) is 5.75 Å². The Morgan fingerprint density at radius 1 is 1.14 bits per heavy atom. The minimum absolute atomic E-state index is 0.286. The molecule has 1 aromatic rings. The molecule has 0 saturated heterocycles. The molecule has 2 atom stereocenters. The maximum Gasteiger partial charge on any atom is 0.119 e. The summed E-state index contributed by atoms with van der Waals surface area (Å²) in [6.45, 7) is 3.67. The summed E-state index contributed by atoms with van der Waals surface area (Å²) in [6, 6.07) is 7.18. The first-order valence-electron chi connectivity index (χ1n) is 4.68. The maximum atomic E-state index is 9.25. The topological polar surface area (TPSA) is 49.7 Å². The smallest absolute Gasteiger partial charge is 0.119 e. The van der Waals surface area contributed by atoms with Crippen molar-refractivity contribution in [3.63, 3.8) is 0 Å². The van der Waals surface area contributed by atoms with E-state index in [1.54, 1.807) is 26.0 Å². The summed E-state index contributed by atoms with van der Waals surface area (Å²) in [5.41, 5.74) is 0.856. The van der Waals surface area contributed by atoms with E-state index in [0.717, 1.165) is 5.56 Å². The van der Waals surface area contributed by atoms with Crippen molar-refractivity contribution < 1.29 is 14.9 Å². The molecule has 0 spiro atoms. The number of hydrogen-bond acceptors (Lipinski definition) is 3. The van der Waals surface area contributed by atoms with Gasteiger partial charge in [0.25, 0.3) is 0 Å². The molecule has 0 aliphatic carbocycles. The van der Waals surface area contributed by atoms with Gasteiger partial charge in [-0.3, -0.25) is 0 Å². The molecule has 78 valence electrons. The van der Waals surface area contributed by atoms with Crippen LogP contribution in [0.5, 0.6) is 5.75 Å². The summed E-state index contributed by atoms with van der Waals surface area (Å²) < 4.78 is 5.27. The molecule has 14 heavy (non-hydrogen) atoms. The molecule has 1 rings (SSSR count). The zero-order chi connectivity index (χ0) is 10.6. The normalized spacial score (nSPS) is 14.9. The van der Waals surface area contributed by atoms with Crippen LogP contribution in [0.1, 0.15) is 25.5 Å². The van der Waals surface area contributed by atoms with Crippen LogP contribution in [0.15, 0.2) is 24.3 Å². The Balaban J connectivity index is 2.55. The fraction of sp³-hybridized carbons (Fsp3) is 0.455. The van der Waals surface area contributed by atoms with Crippen molar-refractivity contribution in [1.29, 1.82) is 0 Å². The maximum absolute atomic E-state index is 9.25. The predicted octanol–water partition coefficient (Wildman–Crippen LogP) is 1.50. The van der Waals surface area contributed by atoms with Gasteiger partial charge >= 0.3 is 0 Å². The van der Waals surface area contributed by atoms with E-state index in [9.17, 15) is 5.11 Å². The molecule has 0 heterocycles. The average Bonchev–Trinajstić information content (AvgIpc) is 2.15. The molecule has 3 heteroatoms. The summed E-state index contributed by atoms with van der Waals surface area (Å²) in [4.78, 5) is 0. The van der Waals surface area contributed by atoms with Crippen LogP contribution in [0, 0.1) is 0 Å². The van der Waals surface area contributed by atoms with E-state index < -0.39 is 12.2 Å². The van der Waals surface area contributed by atoms with E-state index in [0.29, 0.717) is 5.75 Å². The second-order valence-electron chi connectivity index (χ2n) is 3.41. The fourth-order valence-corrected chi connectivity index (χ4v) is 1.06. The van der Waals surface area contributed by atoms with Crippen LogP contribution in [0.4, 0.5) is 0 Å². The predicted molar refractivity (Wildman–Crippen MR) is 54.3 cm³/mol. The molecule has 1 aromatic carbocycles. The van der Waals surface area contributed by atoms with Gasteiger partial charge in [-0.1, -0.05) is 12.1 Å². The van der Waals surface area contributed by atoms with Gasteiger partial charge in [0.15, 0.2) is 0 Å². The molecule has 2 N–H and O–H groups in total. The molecular weight excluding hydrogens is 180 g/mol. The van der Waals surface area contributed by atoms with E-state index in [2.05, 4.69) is 0 Å². The first-order valence-corrected chi connectivity index (χ1v) is 4.68. The van der Waals surface area contributed by atoms with Crippen LogP contribution in [0.3, 0.4) is 0 Å². The molecule has 0 saturated carbocycles. The molecule has 0 radical (unpaired) electrons. The van der Waals surface area contributed by atoms with Crippen molar-refractivity contribution in [2.45, 2.75) is 26.1 Å². The highest BCUT2D eigenvalue weighted by Gasteiger charge is 2.01. The Labute approximate surface area is 84.0 Å². The summed E-state index contributed by atoms with van der Waals surface area (Å²) in [5, 5.41) is 18.2. The summed E-state index contributed by atoms with van der Waals surface area (Å²) >= 11 is 0. The van der Waals surface area contributed by atoms with Gasteiger partial charge in [-0.25, -0.2) is 0 Å². The lowest BCUT2D eigenvalue weighted by Gasteiger charge is -2.09. The molecule has 0 aromatic heterocycles. The van der Waals surface area contributed by atoms with Crippen LogP contribution in [-0.4, -0.2) is 22.9 Å². The first kappa shape index (κ1) is 11.0. The lowest BCUT2D eigenvalue weighted by Crippen LogP contribution is -2.12. The van der Waals surface area contributed by atoms with Gasteiger partial charge in [-0.2, -0.15) is 0 Å². The second-order valence-corrected chi connectivity index (χ2v) is 3.41. The molecule has 1 unspecified atom stereocenters. The zero-order valence-corrected chi connectivity index (χ0v) is 8.47. The summed E-state index contributed by atoms with van der Waals surface area (Å²) in [6.07, 6.45) is -0.924. The minimum Gasteiger partial charge on any atom is -0.491 e. The fourth-order valence-electron chi connectivity index (χ4n) is 1.06. The highest BCUT2D eigenvalue weighted by Crippen LogP contribution is 2.17. The number of rotatable bonds is 4. The van der Waals surface area contributed by atoms with Crippen LogP contribution in [0.25, 0.3) is 0 Å². The monoisotopic (exact) mass is 196 g/mol. The quantitative estimate of drug-likeness (QED) is 0.767. The molecule has 3 nitrogen and oxygen atoms in total. The number of benzene rings is 1. The second kappa shape index (κ2) is 4.98. The van der Waals surface area contributed by atoms with Crippen LogP contribution < -0.4 is 4.74 Å². The molecule has 0 fully saturated rings. The first-order chi connectivity index (χ1) is 6.59. The Morgan fingerprint density at radius 3 is 2.14 bits per heavy atom. The van der Waals surface area contributed by atoms with E-state index in [-0.39, 0.29) is 6.61 Å². The third-order valence-electron chi connectivity index (χ3n) is 1.85. The van der Waals surface area contributed by atoms with Crippen molar-refractivity contribution in [2.75, 3.05) is 6.61 Å². The van der Waals surface area contributed by atoms with Gasteiger partial charge in [-0.15, -0.1) is 0 Å². The SMILES string of the molecule is CC(O)COc1ccc([C@@H](C)O)cc1.